The number of sulfone groups is 1. The van der Waals surface area contributed by atoms with Gasteiger partial charge in [0.05, 0.1) is 11.5 Å². The van der Waals surface area contributed by atoms with Crippen molar-refractivity contribution in [3.05, 3.63) is 5.28 Å². The lowest BCUT2D eigenvalue weighted by molar-refractivity contribution is 0.564. The van der Waals surface area contributed by atoms with Gasteiger partial charge in [0, 0.05) is 19.1 Å². The highest BCUT2D eigenvalue weighted by Crippen LogP contribution is 2.20. The van der Waals surface area contributed by atoms with Crippen molar-refractivity contribution in [2.75, 3.05) is 34.8 Å². The van der Waals surface area contributed by atoms with Gasteiger partial charge in [0.2, 0.25) is 17.2 Å². The third-order valence-electron chi connectivity index (χ3n) is 2.86. The first-order valence-corrected chi connectivity index (χ1v) is 8.23. The van der Waals surface area contributed by atoms with E-state index in [0.717, 1.165) is 0 Å². The first-order chi connectivity index (χ1) is 8.91. The van der Waals surface area contributed by atoms with Crippen molar-refractivity contribution in [2.24, 2.45) is 0 Å². The van der Waals surface area contributed by atoms with Gasteiger partial charge in [-0.25, -0.2) is 8.42 Å². The Hall–Kier alpha value is -1.15. The molecule has 0 spiro atoms. The summed E-state index contributed by atoms with van der Waals surface area (Å²) in [5.41, 5.74) is 0. The number of nitrogens with zero attached hydrogens (tertiary/aromatic N) is 4. The summed E-state index contributed by atoms with van der Waals surface area (Å²) in [7, 11) is -2.96. The Labute approximate surface area is 117 Å². The second-order valence-electron chi connectivity index (χ2n) is 4.42. The van der Waals surface area contributed by atoms with Crippen molar-refractivity contribution in [1.82, 2.24) is 15.0 Å². The molecule has 1 aromatic heterocycles. The average Bonchev–Trinajstić information content (AvgIpc) is 2.27. The summed E-state index contributed by atoms with van der Waals surface area (Å²) in [6.07, 6.45) is 0. The molecule has 0 aliphatic carbocycles. The standard InChI is InChI=1S/C10H16ClN5O2S/c1-3-12-9-13-8(11)14-10(15-9)16-4-5-19(17,18)6-7(16)2/h7H,3-6H2,1-2H3,(H,12,13,14,15). The van der Waals surface area contributed by atoms with Crippen LogP contribution in [0.4, 0.5) is 11.9 Å². The zero-order valence-corrected chi connectivity index (χ0v) is 12.4. The van der Waals surface area contributed by atoms with Gasteiger partial charge in [-0.3, -0.25) is 0 Å². The maximum atomic E-state index is 11.6. The summed E-state index contributed by atoms with van der Waals surface area (Å²) in [6.45, 7) is 4.80. The van der Waals surface area contributed by atoms with E-state index in [1.165, 1.54) is 0 Å². The van der Waals surface area contributed by atoms with Crippen LogP contribution < -0.4 is 10.2 Å². The minimum Gasteiger partial charge on any atom is -0.354 e. The van der Waals surface area contributed by atoms with Crippen LogP contribution >= 0.6 is 11.6 Å². The quantitative estimate of drug-likeness (QED) is 0.874. The number of rotatable bonds is 3. The van der Waals surface area contributed by atoms with E-state index in [1.54, 1.807) is 0 Å². The molecule has 0 bridgehead atoms. The van der Waals surface area contributed by atoms with E-state index >= 15 is 0 Å². The molecule has 2 heterocycles. The highest BCUT2D eigenvalue weighted by Gasteiger charge is 2.30. The van der Waals surface area contributed by atoms with E-state index in [9.17, 15) is 8.42 Å². The van der Waals surface area contributed by atoms with Crippen molar-refractivity contribution < 1.29 is 8.42 Å². The molecule has 1 atom stereocenters. The topological polar surface area (TPSA) is 88.1 Å². The summed E-state index contributed by atoms with van der Waals surface area (Å²) in [4.78, 5) is 14.1. The van der Waals surface area contributed by atoms with Crippen LogP contribution in [-0.2, 0) is 9.84 Å². The van der Waals surface area contributed by atoms with E-state index < -0.39 is 9.84 Å². The molecule has 1 N–H and O–H groups in total. The molecule has 0 radical (unpaired) electrons. The normalized spacial score (nSPS) is 22.3. The van der Waals surface area contributed by atoms with E-state index in [4.69, 9.17) is 11.6 Å². The Morgan fingerprint density at radius 2 is 2.16 bits per heavy atom. The van der Waals surface area contributed by atoms with Gasteiger partial charge in [-0.2, -0.15) is 15.0 Å². The maximum absolute atomic E-state index is 11.6. The number of hydrogen-bond acceptors (Lipinski definition) is 7. The van der Waals surface area contributed by atoms with Crippen molar-refractivity contribution in [1.29, 1.82) is 0 Å². The van der Waals surface area contributed by atoms with Gasteiger partial charge in [0.25, 0.3) is 0 Å². The monoisotopic (exact) mass is 305 g/mol. The highest BCUT2D eigenvalue weighted by molar-refractivity contribution is 7.91. The van der Waals surface area contributed by atoms with Gasteiger partial charge >= 0.3 is 0 Å². The van der Waals surface area contributed by atoms with Crippen LogP contribution in [0.1, 0.15) is 13.8 Å². The smallest absolute Gasteiger partial charge is 0.231 e. The molecule has 2 rings (SSSR count). The lowest BCUT2D eigenvalue weighted by Crippen LogP contribution is -2.47. The molecular weight excluding hydrogens is 290 g/mol. The van der Waals surface area contributed by atoms with Gasteiger partial charge in [-0.1, -0.05) is 0 Å². The van der Waals surface area contributed by atoms with Gasteiger partial charge in [0.15, 0.2) is 9.84 Å². The van der Waals surface area contributed by atoms with Crippen LogP contribution in [-0.4, -0.2) is 54.0 Å². The Morgan fingerprint density at radius 3 is 2.79 bits per heavy atom. The van der Waals surface area contributed by atoms with Gasteiger partial charge in [-0.05, 0) is 25.4 Å². The molecule has 1 aliphatic rings. The molecule has 1 aliphatic heterocycles. The molecule has 7 nitrogen and oxygen atoms in total. The zero-order chi connectivity index (χ0) is 14.0. The van der Waals surface area contributed by atoms with Crippen LogP contribution in [0.5, 0.6) is 0 Å². The summed E-state index contributed by atoms with van der Waals surface area (Å²) in [6, 6.07) is -0.174. The molecule has 0 saturated carbocycles. The third-order valence-corrected chi connectivity index (χ3v) is 4.82. The fourth-order valence-electron chi connectivity index (χ4n) is 2.00. The van der Waals surface area contributed by atoms with Crippen LogP contribution in [0.3, 0.4) is 0 Å². The van der Waals surface area contributed by atoms with Crippen LogP contribution in [0, 0.1) is 0 Å². The Bertz CT molecular complexity index is 565. The summed E-state index contributed by atoms with van der Waals surface area (Å²) >= 11 is 5.86. The summed E-state index contributed by atoms with van der Waals surface area (Å²) in [5.74, 6) is 1.03. The molecule has 1 aromatic rings. The molecule has 9 heteroatoms. The minimum absolute atomic E-state index is 0.0987. The molecule has 106 valence electrons. The van der Waals surface area contributed by atoms with Crippen LogP contribution in [0.15, 0.2) is 0 Å². The maximum Gasteiger partial charge on any atom is 0.231 e. The van der Waals surface area contributed by atoms with Gasteiger partial charge in [-0.15, -0.1) is 0 Å². The fourth-order valence-corrected chi connectivity index (χ4v) is 3.71. The zero-order valence-electron chi connectivity index (χ0n) is 10.8. The molecule has 1 saturated heterocycles. The Morgan fingerprint density at radius 1 is 1.42 bits per heavy atom. The first kappa shape index (κ1) is 14.3. The second kappa shape index (κ2) is 5.46. The average molecular weight is 306 g/mol. The Kier molecular flexibility index (Phi) is 4.10. The lowest BCUT2D eigenvalue weighted by atomic mass is 10.3. The second-order valence-corrected chi connectivity index (χ2v) is 6.98. The fraction of sp³-hybridized carbons (Fsp3) is 0.700. The molecule has 1 unspecified atom stereocenters. The number of hydrogen-bond donors (Lipinski definition) is 1. The molecule has 1 fully saturated rings. The Balaban J connectivity index is 2.26. The van der Waals surface area contributed by atoms with Crippen LogP contribution in [0.2, 0.25) is 5.28 Å². The van der Waals surface area contributed by atoms with Gasteiger partial charge < -0.3 is 10.2 Å². The van der Waals surface area contributed by atoms with Crippen molar-refractivity contribution in [3.8, 4) is 0 Å². The van der Waals surface area contributed by atoms with E-state index in [-0.39, 0.29) is 22.8 Å². The van der Waals surface area contributed by atoms with Crippen LogP contribution in [0.25, 0.3) is 0 Å². The van der Waals surface area contributed by atoms with Gasteiger partial charge in [0.1, 0.15) is 0 Å². The minimum atomic E-state index is -2.96. The lowest BCUT2D eigenvalue weighted by Gasteiger charge is -2.33. The summed E-state index contributed by atoms with van der Waals surface area (Å²) in [5, 5.41) is 3.07. The predicted molar refractivity (Wildman–Crippen MR) is 74.5 cm³/mol. The van der Waals surface area contributed by atoms with E-state index in [0.29, 0.717) is 25.0 Å². The van der Waals surface area contributed by atoms with Crippen molar-refractivity contribution >= 4 is 33.3 Å². The molecule has 0 amide bonds. The summed E-state index contributed by atoms with van der Waals surface area (Å²) < 4.78 is 23.1. The number of halogens is 1. The molecule has 0 aromatic carbocycles. The number of anilines is 2. The number of nitrogens with one attached hydrogen (secondary N) is 1. The molecular formula is C10H16ClN5O2S. The van der Waals surface area contributed by atoms with E-state index in [1.807, 2.05) is 18.7 Å². The number of aromatic nitrogens is 3. The largest absolute Gasteiger partial charge is 0.354 e. The van der Waals surface area contributed by atoms with Crippen molar-refractivity contribution in [2.45, 2.75) is 19.9 Å². The predicted octanol–water partition coefficient (Wildman–Crippen LogP) is 0.580. The van der Waals surface area contributed by atoms with Crippen molar-refractivity contribution in [3.63, 3.8) is 0 Å². The first-order valence-electron chi connectivity index (χ1n) is 6.04. The SMILES string of the molecule is CCNc1nc(Cl)nc(N2CCS(=O)(=O)CC2C)n1. The highest BCUT2D eigenvalue weighted by atomic mass is 35.5. The third kappa shape index (κ3) is 3.44. The van der Waals surface area contributed by atoms with E-state index in [2.05, 4.69) is 20.3 Å². The molecule has 19 heavy (non-hydrogen) atoms.